The Balaban J connectivity index is 1.75. The topological polar surface area (TPSA) is 96.0 Å². The van der Waals surface area contributed by atoms with Gasteiger partial charge in [-0.1, -0.05) is 12.1 Å². The normalized spacial score (nSPS) is 13.9. The van der Waals surface area contributed by atoms with Crippen LogP contribution in [0.15, 0.2) is 52.3 Å². The van der Waals surface area contributed by atoms with Crippen LogP contribution in [0.2, 0.25) is 0 Å². The zero-order valence-corrected chi connectivity index (χ0v) is 18.5. The predicted molar refractivity (Wildman–Crippen MR) is 115 cm³/mol. The number of fused-ring (bicyclic) bond motifs is 1. The van der Waals surface area contributed by atoms with Crippen LogP contribution in [0.5, 0.6) is 5.75 Å². The van der Waals surface area contributed by atoms with E-state index in [1.165, 1.54) is 42.9 Å². The summed E-state index contributed by atoms with van der Waals surface area (Å²) in [6.07, 6.45) is 0. The van der Waals surface area contributed by atoms with E-state index in [2.05, 4.69) is 5.32 Å². The van der Waals surface area contributed by atoms with Gasteiger partial charge in [-0.2, -0.15) is 0 Å². The molecule has 2 amide bonds. The molecule has 1 aliphatic rings. The summed E-state index contributed by atoms with van der Waals surface area (Å²) in [5, 5.41) is 2.79. The number of thioether (sulfide) groups is 1. The summed E-state index contributed by atoms with van der Waals surface area (Å²) >= 11 is 1.33. The zero-order valence-electron chi connectivity index (χ0n) is 16.9. The van der Waals surface area contributed by atoms with Crippen molar-refractivity contribution in [3.63, 3.8) is 0 Å². The molecule has 1 N–H and O–H groups in total. The maximum Gasteiger partial charge on any atom is 0.242 e. The number of rotatable bonds is 7. The molecule has 0 fully saturated rings. The van der Waals surface area contributed by atoms with Gasteiger partial charge in [0.2, 0.25) is 21.8 Å². The van der Waals surface area contributed by atoms with Crippen LogP contribution in [0, 0.1) is 0 Å². The van der Waals surface area contributed by atoms with Crippen molar-refractivity contribution < 1.29 is 22.7 Å². The van der Waals surface area contributed by atoms with E-state index >= 15 is 0 Å². The molecule has 0 aliphatic carbocycles. The second-order valence-electron chi connectivity index (χ2n) is 6.81. The number of carbonyl (C=O) groups is 2. The van der Waals surface area contributed by atoms with Crippen molar-refractivity contribution in [2.75, 3.05) is 38.4 Å². The quantitative estimate of drug-likeness (QED) is 0.691. The molecule has 1 aliphatic heterocycles. The van der Waals surface area contributed by atoms with Crippen LogP contribution < -0.4 is 15.0 Å². The number of sulfonamides is 1. The summed E-state index contributed by atoms with van der Waals surface area (Å²) in [7, 11) is 0.812. The van der Waals surface area contributed by atoms with Gasteiger partial charge in [0, 0.05) is 25.5 Å². The van der Waals surface area contributed by atoms with Gasteiger partial charge in [-0.3, -0.25) is 9.59 Å². The average molecular weight is 450 g/mol. The van der Waals surface area contributed by atoms with Crippen LogP contribution in [0.1, 0.15) is 5.56 Å². The van der Waals surface area contributed by atoms with E-state index in [1.54, 1.807) is 25.3 Å². The molecule has 10 heteroatoms. The fraction of sp³-hybridized carbons (Fsp3) is 0.300. The summed E-state index contributed by atoms with van der Waals surface area (Å²) in [6.45, 7) is 0.121. The number of nitrogens with one attached hydrogen (secondary N) is 1. The van der Waals surface area contributed by atoms with Crippen LogP contribution in [-0.2, 0) is 26.2 Å². The number of ether oxygens (including phenoxy) is 1. The molecule has 0 saturated carbocycles. The molecule has 2 aromatic rings. The molecule has 0 atom stereocenters. The van der Waals surface area contributed by atoms with Crippen molar-refractivity contribution >= 4 is 39.3 Å². The molecular formula is C20H23N3O5S2. The molecule has 0 bridgehead atoms. The fourth-order valence-corrected chi connectivity index (χ4v) is 4.71. The number of anilines is 1. The highest BCUT2D eigenvalue weighted by molar-refractivity contribution is 8.00. The largest absolute Gasteiger partial charge is 0.497 e. The van der Waals surface area contributed by atoms with Crippen LogP contribution in [0.4, 0.5) is 5.69 Å². The first-order valence-electron chi connectivity index (χ1n) is 9.11. The summed E-state index contributed by atoms with van der Waals surface area (Å²) in [5.41, 5.74) is 1.32. The maximum atomic E-state index is 12.5. The molecular weight excluding hydrogens is 426 g/mol. The third-order valence-corrected chi connectivity index (χ3v) is 7.46. The van der Waals surface area contributed by atoms with Crippen LogP contribution >= 0.6 is 11.8 Å². The SMILES string of the molecule is COc1ccc(CNC(=O)CN2C(=O)CSc3ccc(S(=O)(=O)N(C)C)cc32)cc1. The Morgan fingerprint density at radius 3 is 2.53 bits per heavy atom. The molecule has 0 unspecified atom stereocenters. The number of carbonyl (C=O) groups excluding carboxylic acids is 2. The van der Waals surface area contributed by atoms with Crippen molar-refractivity contribution in [2.24, 2.45) is 0 Å². The molecule has 0 radical (unpaired) electrons. The van der Waals surface area contributed by atoms with E-state index in [9.17, 15) is 18.0 Å². The van der Waals surface area contributed by atoms with E-state index in [0.717, 1.165) is 20.5 Å². The molecule has 0 aromatic heterocycles. The number of amides is 2. The fourth-order valence-electron chi connectivity index (χ4n) is 2.87. The first-order chi connectivity index (χ1) is 14.2. The van der Waals surface area contributed by atoms with E-state index < -0.39 is 10.0 Å². The Kier molecular flexibility index (Phi) is 6.69. The minimum atomic E-state index is -3.66. The van der Waals surface area contributed by atoms with Crippen LogP contribution in [0.25, 0.3) is 0 Å². The minimum Gasteiger partial charge on any atom is -0.497 e. The van der Waals surface area contributed by atoms with Gasteiger partial charge in [0.15, 0.2) is 0 Å². The smallest absolute Gasteiger partial charge is 0.242 e. The summed E-state index contributed by atoms with van der Waals surface area (Å²) < 4.78 is 31.1. The highest BCUT2D eigenvalue weighted by Crippen LogP contribution is 2.37. The number of hydrogen-bond donors (Lipinski definition) is 1. The first-order valence-corrected chi connectivity index (χ1v) is 11.5. The molecule has 1 heterocycles. The van der Waals surface area contributed by atoms with Crippen molar-refractivity contribution in [3.8, 4) is 5.75 Å². The maximum absolute atomic E-state index is 12.5. The molecule has 0 saturated heterocycles. The number of methoxy groups -OCH3 is 1. The van der Waals surface area contributed by atoms with Crippen molar-refractivity contribution in [1.82, 2.24) is 9.62 Å². The third kappa shape index (κ3) is 4.77. The van der Waals surface area contributed by atoms with Crippen LogP contribution in [0.3, 0.4) is 0 Å². The summed E-state index contributed by atoms with van der Waals surface area (Å²) in [5.74, 6) is 0.337. The Bertz CT molecular complexity index is 1050. The van der Waals surface area contributed by atoms with E-state index in [1.807, 2.05) is 12.1 Å². The third-order valence-electron chi connectivity index (χ3n) is 4.60. The van der Waals surface area contributed by atoms with E-state index in [0.29, 0.717) is 12.2 Å². The molecule has 8 nitrogen and oxygen atoms in total. The highest BCUT2D eigenvalue weighted by atomic mass is 32.2. The number of nitrogens with zero attached hydrogens (tertiary/aromatic N) is 2. The van der Waals surface area contributed by atoms with E-state index in [-0.39, 0.29) is 29.0 Å². The van der Waals surface area contributed by atoms with Gasteiger partial charge in [0.25, 0.3) is 0 Å². The monoisotopic (exact) mass is 449 g/mol. The zero-order chi connectivity index (χ0) is 21.9. The first kappa shape index (κ1) is 22.1. The summed E-state index contributed by atoms with van der Waals surface area (Å²) in [6, 6.07) is 11.9. The van der Waals surface area contributed by atoms with Gasteiger partial charge in [0.1, 0.15) is 12.3 Å². The number of hydrogen-bond acceptors (Lipinski definition) is 6. The average Bonchev–Trinajstić information content (AvgIpc) is 2.74. The van der Waals surface area contributed by atoms with Gasteiger partial charge < -0.3 is 15.0 Å². The highest BCUT2D eigenvalue weighted by Gasteiger charge is 2.29. The van der Waals surface area contributed by atoms with Crippen molar-refractivity contribution in [1.29, 1.82) is 0 Å². The van der Waals surface area contributed by atoms with Gasteiger partial charge in [-0.25, -0.2) is 12.7 Å². The van der Waals surface area contributed by atoms with Crippen molar-refractivity contribution in [3.05, 3.63) is 48.0 Å². The second kappa shape index (κ2) is 9.07. The Labute approximate surface area is 180 Å². The van der Waals surface area contributed by atoms with Crippen molar-refractivity contribution in [2.45, 2.75) is 16.3 Å². The van der Waals surface area contributed by atoms with Crippen LogP contribution in [-0.4, -0.2) is 58.0 Å². The standard InChI is InChI=1S/C20H23N3O5S2/c1-22(2)30(26,27)16-8-9-18-17(10-16)23(20(25)13-29-18)12-19(24)21-11-14-4-6-15(28-3)7-5-14/h4-10H,11-13H2,1-3H3,(H,21,24). The Morgan fingerprint density at radius 1 is 1.20 bits per heavy atom. The second-order valence-corrected chi connectivity index (χ2v) is 9.98. The lowest BCUT2D eigenvalue weighted by molar-refractivity contribution is -0.123. The lowest BCUT2D eigenvalue weighted by Crippen LogP contribution is -2.43. The van der Waals surface area contributed by atoms with Gasteiger partial charge in [-0.15, -0.1) is 11.8 Å². The molecule has 160 valence electrons. The predicted octanol–water partition coefficient (Wildman–Crippen LogP) is 1.70. The lowest BCUT2D eigenvalue weighted by atomic mass is 10.2. The molecule has 0 spiro atoms. The van der Waals surface area contributed by atoms with Gasteiger partial charge in [-0.05, 0) is 35.9 Å². The minimum absolute atomic E-state index is 0.0743. The molecule has 3 rings (SSSR count). The summed E-state index contributed by atoms with van der Waals surface area (Å²) in [4.78, 5) is 27.1. The van der Waals surface area contributed by atoms with Gasteiger partial charge in [0.05, 0.1) is 23.4 Å². The molecule has 30 heavy (non-hydrogen) atoms. The number of benzene rings is 2. The Morgan fingerprint density at radius 2 is 1.90 bits per heavy atom. The van der Waals surface area contributed by atoms with Gasteiger partial charge >= 0.3 is 0 Å². The van der Waals surface area contributed by atoms with E-state index in [4.69, 9.17) is 4.74 Å². The Hall–Kier alpha value is -2.56. The molecule has 2 aromatic carbocycles. The lowest BCUT2D eigenvalue weighted by Gasteiger charge is -2.29.